The number of halogens is 2. The number of phenols is 1. The first kappa shape index (κ1) is 13.3. The number of pyridine rings is 1. The smallest absolute Gasteiger partial charge is 0.266 e. The Morgan fingerprint density at radius 1 is 1.42 bits per heavy atom. The number of benzene rings is 1. The minimum Gasteiger partial charge on any atom is -0.506 e. The number of hydrogen-bond acceptors (Lipinski definition) is 3. The molecule has 6 heteroatoms. The quantitative estimate of drug-likeness (QED) is 0.847. The normalized spacial score (nSPS) is 10.2. The number of aromatic amines is 1. The minimum atomic E-state index is -0.624. The predicted molar refractivity (Wildman–Crippen MR) is 71.3 cm³/mol. The Bertz CT molecular complexity index is 762. The minimum absolute atomic E-state index is 0.105. The van der Waals surface area contributed by atoms with Gasteiger partial charge in [-0.3, -0.25) is 4.79 Å². The van der Waals surface area contributed by atoms with Gasteiger partial charge in [0, 0.05) is 16.8 Å². The second kappa shape index (κ2) is 4.86. The van der Waals surface area contributed by atoms with Crippen LogP contribution >= 0.6 is 15.9 Å². The van der Waals surface area contributed by atoms with E-state index in [1.165, 1.54) is 6.07 Å². The lowest BCUT2D eigenvalue weighted by atomic mass is 10.00. The summed E-state index contributed by atoms with van der Waals surface area (Å²) in [7, 11) is 0. The monoisotopic (exact) mass is 322 g/mol. The molecule has 96 valence electrons. The van der Waals surface area contributed by atoms with Crippen LogP contribution in [0.2, 0.25) is 0 Å². The molecule has 0 saturated heterocycles. The highest BCUT2D eigenvalue weighted by molar-refractivity contribution is 9.10. The van der Waals surface area contributed by atoms with E-state index >= 15 is 0 Å². The summed E-state index contributed by atoms with van der Waals surface area (Å²) in [5.74, 6) is -0.970. The summed E-state index contributed by atoms with van der Waals surface area (Å²) in [6.45, 7) is 1.65. The Hall–Kier alpha value is -2.13. The molecule has 19 heavy (non-hydrogen) atoms. The zero-order valence-electron chi connectivity index (χ0n) is 9.79. The van der Waals surface area contributed by atoms with Gasteiger partial charge in [0.1, 0.15) is 23.2 Å². The van der Waals surface area contributed by atoms with Crippen LogP contribution in [-0.2, 0) is 0 Å². The number of nitriles is 1. The van der Waals surface area contributed by atoms with Crippen LogP contribution in [0.3, 0.4) is 0 Å². The summed E-state index contributed by atoms with van der Waals surface area (Å²) in [4.78, 5) is 14.2. The van der Waals surface area contributed by atoms with Gasteiger partial charge in [0.25, 0.3) is 5.56 Å². The van der Waals surface area contributed by atoms with E-state index < -0.39 is 11.4 Å². The summed E-state index contributed by atoms with van der Waals surface area (Å²) in [5, 5.41) is 19.0. The second-order valence-electron chi connectivity index (χ2n) is 3.94. The Balaban J connectivity index is 2.84. The number of phenolic OH excluding ortho intramolecular Hbond substituents is 1. The van der Waals surface area contributed by atoms with Gasteiger partial charge in [-0.15, -0.1) is 0 Å². The molecule has 1 heterocycles. The molecule has 0 aliphatic carbocycles. The van der Waals surface area contributed by atoms with Crippen LogP contribution in [0, 0.1) is 24.1 Å². The predicted octanol–water partition coefficient (Wildman–Crippen LogP) is 2.83. The number of nitrogens with zero attached hydrogens (tertiary/aromatic N) is 1. The lowest BCUT2D eigenvalue weighted by Gasteiger charge is -2.09. The van der Waals surface area contributed by atoms with Gasteiger partial charge >= 0.3 is 0 Å². The molecule has 0 aliphatic rings. The summed E-state index contributed by atoms with van der Waals surface area (Å²) >= 11 is 2.92. The Morgan fingerprint density at radius 3 is 2.74 bits per heavy atom. The molecule has 0 aliphatic heterocycles. The van der Waals surface area contributed by atoms with Gasteiger partial charge < -0.3 is 10.1 Å². The fraction of sp³-hybridized carbons (Fsp3) is 0.0769. The molecule has 0 fully saturated rings. The first-order valence-electron chi connectivity index (χ1n) is 5.27. The van der Waals surface area contributed by atoms with Crippen LogP contribution in [0.25, 0.3) is 11.1 Å². The molecule has 0 radical (unpaired) electrons. The van der Waals surface area contributed by atoms with E-state index in [1.807, 2.05) is 0 Å². The molecule has 1 aromatic carbocycles. The fourth-order valence-corrected chi connectivity index (χ4v) is 2.12. The topological polar surface area (TPSA) is 76.9 Å². The summed E-state index contributed by atoms with van der Waals surface area (Å²) in [6, 6.07) is 5.82. The van der Waals surface area contributed by atoms with Crippen LogP contribution < -0.4 is 5.56 Å². The Labute approximate surface area is 116 Å². The van der Waals surface area contributed by atoms with E-state index in [-0.39, 0.29) is 26.9 Å². The van der Waals surface area contributed by atoms with E-state index in [9.17, 15) is 14.3 Å². The average molecular weight is 323 g/mol. The van der Waals surface area contributed by atoms with Crippen LogP contribution in [0.5, 0.6) is 5.75 Å². The average Bonchev–Trinajstić information content (AvgIpc) is 2.35. The third-order valence-electron chi connectivity index (χ3n) is 2.64. The van der Waals surface area contributed by atoms with Crippen molar-refractivity contribution in [3.8, 4) is 22.9 Å². The number of aromatic nitrogens is 1. The number of aromatic hydroxyl groups is 1. The largest absolute Gasteiger partial charge is 0.506 e. The van der Waals surface area contributed by atoms with Crippen molar-refractivity contribution >= 4 is 15.9 Å². The van der Waals surface area contributed by atoms with Crippen LogP contribution in [-0.4, -0.2) is 10.1 Å². The maximum absolute atomic E-state index is 13.3. The highest BCUT2D eigenvalue weighted by atomic mass is 79.9. The van der Waals surface area contributed by atoms with Crippen LogP contribution in [0.4, 0.5) is 4.39 Å². The highest BCUT2D eigenvalue weighted by Gasteiger charge is 2.17. The van der Waals surface area contributed by atoms with Gasteiger partial charge in [0.15, 0.2) is 0 Å². The van der Waals surface area contributed by atoms with Gasteiger partial charge in [0.2, 0.25) is 0 Å². The number of H-pyrrole nitrogens is 1. The van der Waals surface area contributed by atoms with Gasteiger partial charge in [-0.05, 0) is 41.1 Å². The number of aryl methyl sites for hydroxylation is 1. The molecule has 0 unspecified atom stereocenters. The number of nitrogens with one attached hydrogen (secondary N) is 1. The molecular weight excluding hydrogens is 315 g/mol. The van der Waals surface area contributed by atoms with Crippen LogP contribution in [0.15, 0.2) is 27.5 Å². The first-order chi connectivity index (χ1) is 8.95. The first-order valence-corrected chi connectivity index (χ1v) is 6.06. The Kier molecular flexibility index (Phi) is 3.40. The molecule has 0 atom stereocenters. The SMILES string of the molecule is Cc1cc(-c2ccc(F)c(Br)c2O)c(C#N)c(=O)[nH]1. The van der Waals surface area contributed by atoms with Crippen molar-refractivity contribution in [2.75, 3.05) is 0 Å². The number of hydrogen-bond donors (Lipinski definition) is 2. The highest BCUT2D eigenvalue weighted by Crippen LogP contribution is 2.37. The maximum atomic E-state index is 13.3. The maximum Gasteiger partial charge on any atom is 0.266 e. The molecule has 4 nitrogen and oxygen atoms in total. The molecule has 0 bridgehead atoms. The summed E-state index contributed by atoms with van der Waals surface area (Å²) < 4.78 is 13.2. The molecule has 2 rings (SSSR count). The van der Waals surface area contributed by atoms with Crippen LogP contribution in [0.1, 0.15) is 11.3 Å². The zero-order valence-corrected chi connectivity index (χ0v) is 11.4. The van der Waals surface area contributed by atoms with E-state index in [2.05, 4.69) is 20.9 Å². The molecule has 1 aromatic heterocycles. The van der Waals surface area contributed by atoms with Crippen molar-refractivity contribution in [1.29, 1.82) is 5.26 Å². The van der Waals surface area contributed by atoms with Crippen molar-refractivity contribution in [1.82, 2.24) is 4.98 Å². The lowest BCUT2D eigenvalue weighted by Crippen LogP contribution is -2.12. The van der Waals surface area contributed by atoms with Crippen molar-refractivity contribution in [2.45, 2.75) is 6.92 Å². The van der Waals surface area contributed by atoms with Crippen molar-refractivity contribution in [3.63, 3.8) is 0 Å². The summed E-state index contributed by atoms with van der Waals surface area (Å²) in [5.41, 5.74) is 0.358. The second-order valence-corrected chi connectivity index (χ2v) is 4.73. The van der Waals surface area contributed by atoms with Crippen molar-refractivity contribution in [2.24, 2.45) is 0 Å². The molecule has 2 aromatic rings. The van der Waals surface area contributed by atoms with Gasteiger partial charge in [0.05, 0.1) is 4.47 Å². The van der Waals surface area contributed by atoms with E-state index in [0.29, 0.717) is 5.69 Å². The van der Waals surface area contributed by atoms with E-state index in [4.69, 9.17) is 5.26 Å². The molecular formula is C13H8BrFN2O2. The Morgan fingerprint density at radius 2 is 2.11 bits per heavy atom. The zero-order chi connectivity index (χ0) is 14.2. The van der Waals surface area contributed by atoms with Crippen molar-refractivity contribution in [3.05, 3.63) is 50.1 Å². The van der Waals surface area contributed by atoms with E-state index in [0.717, 1.165) is 6.07 Å². The van der Waals surface area contributed by atoms with Gasteiger partial charge in [-0.1, -0.05) is 0 Å². The van der Waals surface area contributed by atoms with Gasteiger partial charge in [-0.2, -0.15) is 5.26 Å². The third kappa shape index (κ3) is 2.25. The third-order valence-corrected chi connectivity index (χ3v) is 3.39. The lowest BCUT2D eigenvalue weighted by molar-refractivity contribution is 0.466. The molecule has 0 spiro atoms. The molecule has 0 amide bonds. The standard InChI is InChI=1S/C13H8BrFN2O2/c1-6-4-8(9(5-16)13(19)17-6)7-2-3-10(15)11(14)12(7)18/h2-4,18H,1H3,(H,17,19). The van der Waals surface area contributed by atoms with Crippen molar-refractivity contribution < 1.29 is 9.50 Å². The van der Waals surface area contributed by atoms with Gasteiger partial charge in [-0.25, -0.2) is 4.39 Å². The fourth-order valence-electron chi connectivity index (χ4n) is 1.77. The van der Waals surface area contributed by atoms with E-state index in [1.54, 1.807) is 19.1 Å². The summed E-state index contributed by atoms with van der Waals surface area (Å²) in [6.07, 6.45) is 0. The number of rotatable bonds is 1. The molecule has 0 saturated carbocycles. The molecule has 2 N–H and O–H groups in total.